The van der Waals surface area contributed by atoms with Gasteiger partial charge in [-0.25, -0.2) is 9.59 Å². The van der Waals surface area contributed by atoms with E-state index in [-0.39, 0.29) is 6.03 Å². The molecule has 0 aliphatic carbocycles. The Morgan fingerprint density at radius 1 is 1.14 bits per heavy atom. The highest BCUT2D eigenvalue weighted by atomic mass is 16.5. The first-order chi connectivity index (χ1) is 10.7. The lowest BCUT2D eigenvalue weighted by Gasteiger charge is -2.10. The molecule has 2 N–H and O–H groups in total. The van der Waals surface area contributed by atoms with Gasteiger partial charge in [-0.15, -0.1) is 0 Å². The van der Waals surface area contributed by atoms with Gasteiger partial charge in [-0.05, 0) is 24.3 Å². The van der Waals surface area contributed by atoms with Crippen molar-refractivity contribution in [1.82, 2.24) is 10.3 Å². The number of ether oxygens (including phenoxy) is 1. The molecule has 0 radical (unpaired) electrons. The fraction of sp³-hybridized carbons (Fsp3) is 0.188. The number of nitrogens with zero attached hydrogens (tertiary/aromatic N) is 1. The summed E-state index contributed by atoms with van der Waals surface area (Å²) in [5, 5.41) is 5.36. The normalized spacial score (nSPS) is 9.86. The third kappa shape index (κ3) is 4.31. The SMILES string of the molecule is COC(=O)c1ccccc1NC(=O)NCCc1ccccn1. The Balaban J connectivity index is 1.88. The molecule has 1 aromatic heterocycles. The highest BCUT2D eigenvalue weighted by molar-refractivity contribution is 6.00. The molecule has 22 heavy (non-hydrogen) atoms. The van der Waals surface area contributed by atoms with E-state index in [1.54, 1.807) is 30.5 Å². The first-order valence-corrected chi connectivity index (χ1v) is 6.83. The predicted octanol–water partition coefficient (Wildman–Crippen LogP) is 2.23. The van der Waals surface area contributed by atoms with E-state index in [0.29, 0.717) is 24.2 Å². The van der Waals surface area contributed by atoms with E-state index in [4.69, 9.17) is 0 Å². The standard InChI is InChI=1S/C16H17N3O3/c1-22-15(20)13-7-2-3-8-14(13)19-16(21)18-11-9-12-6-4-5-10-17-12/h2-8,10H,9,11H2,1H3,(H2,18,19,21). The average molecular weight is 299 g/mol. The molecular formula is C16H17N3O3. The molecule has 6 heteroatoms. The highest BCUT2D eigenvalue weighted by Gasteiger charge is 2.12. The smallest absolute Gasteiger partial charge is 0.339 e. The molecule has 1 aromatic carbocycles. The van der Waals surface area contributed by atoms with E-state index in [1.165, 1.54) is 7.11 Å². The first-order valence-electron chi connectivity index (χ1n) is 6.83. The Morgan fingerprint density at radius 3 is 2.64 bits per heavy atom. The zero-order valence-corrected chi connectivity index (χ0v) is 12.2. The van der Waals surface area contributed by atoms with Crippen molar-refractivity contribution in [1.29, 1.82) is 0 Å². The lowest BCUT2D eigenvalue weighted by atomic mass is 10.2. The van der Waals surface area contributed by atoms with Gasteiger partial charge in [-0.1, -0.05) is 18.2 Å². The number of hydrogen-bond donors (Lipinski definition) is 2. The van der Waals surface area contributed by atoms with Crippen molar-refractivity contribution in [2.75, 3.05) is 19.0 Å². The van der Waals surface area contributed by atoms with Crippen LogP contribution in [0.5, 0.6) is 0 Å². The number of amides is 2. The number of nitrogens with one attached hydrogen (secondary N) is 2. The number of carbonyl (C=O) groups is 2. The second-order valence-corrected chi connectivity index (χ2v) is 4.49. The lowest BCUT2D eigenvalue weighted by molar-refractivity contribution is 0.0602. The van der Waals surface area contributed by atoms with Crippen LogP contribution in [0.2, 0.25) is 0 Å². The fourth-order valence-corrected chi connectivity index (χ4v) is 1.90. The second kappa shape index (κ2) is 7.78. The molecule has 114 valence electrons. The van der Waals surface area contributed by atoms with Gasteiger partial charge < -0.3 is 15.4 Å². The number of rotatable bonds is 5. The Kier molecular flexibility index (Phi) is 5.48. The van der Waals surface area contributed by atoms with Crippen LogP contribution in [0.3, 0.4) is 0 Å². The van der Waals surface area contributed by atoms with Crippen LogP contribution in [0.25, 0.3) is 0 Å². The summed E-state index contributed by atoms with van der Waals surface area (Å²) < 4.78 is 4.68. The van der Waals surface area contributed by atoms with Crippen LogP contribution < -0.4 is 10.6 Å². The number of urea groups is 1. The van der Waals surface area contributed by atoms with Crippen LogP contribution in [-0.4, -0.2) is 30.6 Å². The maximum absolute atomic E-state index is 11.9. The number of para-hydroxylation sites is 1. The summed E-state index contributed by atoms with van der Waals surface area (Å²) in [6, 6.07) is 11.9. The molecule has 6 nitrogen and oxygen atoms in total. The molecule has 0 aliphatic heterocycles. The number of methoxy groups -OCH3 is 1. The van der Waals surface area contributed by atoms with E-state index in [9.17, 15) is 9.59 Å². The van der Waals surface area contributed by atoms with E-state index in [2.05, 4.69) is 20.4 Å². The van der Waals surface area contributed by atoms with E-state index >= 15 is 0 Å². The maximum Gasteiger partial charge on any atom is 0.339 e. The molecule has 0 saturated heterocycles. The summed E-state index contributed by atoms with van der Waals surface area (Å²) in [5.74, 6) is -0.496. The molecule has 2 aromatic rings. The van der Waals surface area contributed by atoms with Crippen LogP contribution in [0.1, 0.15) is 16.1 Å². The van der Waals surface area contributed by atoms with Crippen molar-refractivity contribution < 1.29 is 14.3 Å². The molecule has 0 saturated carbocycles. The summed E-state index contributed by atoms with van der Waals surface area (Å²) in [4.78, 5) is 27.7. The number of aromatic nitrogens is 1. The quantitative estimate of drug-likeness (QED) is 0.830. The van der Waals surface area contributed by atoms with Crippen molar-refractivity contribution in [3.05, 3.63) is 59.9 Å². The lowest BCUT2D eigenvalue weighted by Crippen LogP contribution is -2.31. The summed E-state index contributed by atoms with van der Waals surface area (Å²) in [6.07, 6.45) is 2.34. The van der Waals surface area contributed by atoms with Gasteiger partial charge in [0, 0.05) is 24.9 Å². The monoisotopic (exact) mass is 299 g/mol. The van der Waals surface area contributed by atoms with E-state index < -0.39 is 5.97 Å². The Hall–Kier alpha value is -2.89. The first kappa shape index (κ1) is 15.5. The second-order valence-electron chi connectivity index (χ2n) is 4.49. The minimum atomic E-state index is -0.496. The van der Waals surface area contributed by atoms with Gasteiger partial charge in [0.25, 0.3) is 0 Å². The number of anilines is 1. The molecule has 2 rings (SSSR count). The van der Waals surface area contributed by atoms with E-state index in [0.717, 1.165) is 5.69 Å². The molecule has 0 unspecified atom stereocenters. The average Bonchev–Trinajstić information content (AvgIpc) is 2.55. The van der Waals surface area contributed by atoms with Crippen molar-refractivity contribution >= 4 is 17.7 Å². The Labute approximate surface area is 128 Å². The number of hydrogen-bond acceptors (Lipinski definition) is 4. The van der Waals surface area contributed by atoms with Crippen molar-refractivity contribution in [2.45, 2.75) is 6.42 Å². The molecule has 0 fully saturated rings. The summed E-state index contributed by atoms with van der Waals surface area (Å²) in [5.41, 5.74) is 1.62. The molecule has 2 amide bonds. The Bertz CT molecular complexity index is 644. The van der Waals surface area contributed by atoms with Crippen LogP contribution in [0.4, 0.5) is 10.5 Å². The number of carbonyl (C=O) groups excluding carboxylic acids is 2. The van der Waals surface area contributed by atoms with Crippen molar-refractivity contribution in [2.24, 2.45) is 0 Å². The fourth-order valence-electron chi connectivity index (χ4n) is 1.90. The van der Waals surface area contributed by atoms with Crippen molar-refractivity contribution in [3.8, 4) is 0 Å². The highest BCUT2D eigenvalue weighted by Crippen LogP contribution is 2.15. The molecule has 0 atom stereocenters. The third-order valence-corrected chi connectivity index (χ3v) is 2.97. The van der Waals surface area contributed by atoms with Crippen LogP contribution >= 0.6 is 0 Å². The van der Waals surface area contributed by atoms with Crippen LogP contribution in [-0.2, 0) is 11.2 Å². The van der Waals surface area contributed by atoms with Gasteiger partial charge in [0.05, 0.1) is 18.4 Å². The minimum Gasteiger partial charge on any atom is -0.465 e. The van der Waals surface area contributed by atoms with E-state index in [1.807, 2.05) is 18.2 Å². The predicted molar refractivity (Wildman–Crippen MR) is 82.7 cm³/mol. The summed E-state index contributed by atoms with van der Waals surface area (Å²) >= 11 is 0. The maximum atomic E-state index is 11.9. The van der Waals surface area contributed by atoms with Crippen LogP contribution in [0, 0.1) is 0 Å². The Morgan fingerprint density at radius 2 is 1.91 bits per heavy atom. The summed E-state index contributed by atoms with van der Waals surface area (Å²) in [7, 11) is 1.30. The largest absolute Gasteiger partial charge is 0.465 e. The number of pyridine rings is 1. The molecule has 0 aliphatic rings. The van der Waals surface area contributed by atoms with Gasteiger partial charge in [0.15, 0.2) is 0 Å². The zero-order valence-electron chi connectivity index (χ0n) is 12.2. The molecule has 1 heterocycles. The topological polar surface area (TPSA) is 80.3 Å². The van der Waals surface area contributed by atoms with Gasteiger partial charge in [-0.3, -0.25) is 4.98 Å². The molecular weight excluding hydrogens is 282 g/mol. The zero-order chi connectivity index (χ0) is 15.8. The third-order valence-electron chi connectivity index (χ3n) is 2.97. The van der Waals surface area contributed by atoms with Crippen LogP contribution in [0.15, 0.2) is 48.7 Å². The molecule has 0 spiro atoms. The van der Waals surface area contributed by atoms with Gasteiger partial charge >= 0.3 is 12.0 Å². The van der Waals surface area contributed by atoms with Gasteiger partial charge in [0.2, 0.25) is 0 Å². The molecule has 0 bridgehead atoms. The summed E-state index contributed by atoms with van der Waals surface area (Å²) in [6.45, 7) is 0.448. The van der Waals surface area contributed by atoms with Crippen molar-refractivity contribution in [3.63, 3.8) is 0 Å². The number of benzene rings is 1. The van der Waals surface area contributed by atoms with Gasteiger partial charge in [0.1, 0.15) is 0 Å². The number of esters is 1. The minimum absolute atomic E-state index is 0.310. The van der Waals surface area contributed by atoms with Gasteiger partial charge in [-0.2, -0.15) is 0 Å².